The Kier molecular flexibility index (Phi) is 10.2. The van der Waals surface area contributed by atoms with E-state index in [2.05, 4.69) is 166 Å². The summed E-state index contributed by atoms with van der Waals surface area (Å²) in [5.41, 5.74) is 9.48. The molecule has 6 rings (SSSR count). The van der Waals surface area contributed by atoms with Crippen LogP contribution in [-0.4, -0.2) is 0 Å². The van der Waals surface area contributed by atoms with E-state index in [1.165, 1.54) is 33.4 Å². The zero-order valence-electron chi connectivity index (χ0n) is 28.4. The monoisotopic (exact) mass is 636 g/mol. The summed E-state index contributed by atoms with van der Waals surface area (Å²) in [7, 11) is 0. The van der Waals surface area contributed by atoms with Crippen LogP contribution in [0.25, 0.3) is 0 Å². The van der Waals surface area contributed by atoms with Gasteiger partial charge in [-0.1, -0.05) is 177 Å². The highest BCUT2D eigenvalue weighted by Crippen LogP contribution is 2.64. The molecular formula is C46H49Cl. The van der Waals surface area contributed by atoms with E-state index in [-0.39, 0.29) is 16.2 Å². The molecule has 0 saturated carbocycles. The van der Waals surface area contributed by atoms with E-state index in [0.29, 0.717) is 0 Å². The molecule has 3 atom stereocenters. The minimum absolute atomic E-state index is 0.0207. The minimum Gasteiger partial charge on any atom is -0.0841 e. The quantitative estimate of drug-likeness (QED) is 0.145. The van der Waals surface area contributed by atoms with Gasteiger partial charge in [0.2, 0.25) is 0 Å². The lowest BCUT2D eigenvalue weighted by Gasteiger charge is -2.57. The molecule has 0 saturated heterocycles. The lowest BCUT2D eigenvalue weighted by molar-refractivity contribution is 0.0976. The highest BCUT2D eigenvalue weighted by Gasteiger charge is 2.55. The third-order valence-corrected chi connectivity index (χ3v) is 11.8. The van der Waals surface area contributed by atoms with Crippen LogP contribution in [0.4, 0.5) is 0 Å². The summed E-state index contributed by atoms with van der Waals surface area (Å²) in [4.78, 5) is 0. The van der Waals surface area contributed by atoms with Crippen LogP contribution in [0.15, 0.2) is 167 Å². The highest BCUT2D eigenvalue weighted by molar-refractivity contribution is 6.32. The summed E-state index contributed by atoms with van der Waals surface area (Å²) in [6.07, 6.45) is 17.2. The van der Waals surface area contributed by atoms with Crippen molar-refractivity contribution in [2.45, 2.75) is 72.1 Å². The van der Waals surface area contributed by atoms with Crippen LogP contribution < -0.4 is 0 Å². The second kappa shape index (κ2) is 14.5. The van der Waals surface area contributed by atoms with Gasteiger partial charge >= 0.3 is 0 Å². The zero-order valence-corrected chi connectivity index (χ0v) is 29.1. The first-order chi connectivity index (χ1) is 22.8. The number of rotatable bonds is 12. The topological polar surface area (TPSA) is 0 Å². The Hall–Kier alpha value is -3.87. The first kappa shape index (κ1) is 33.0. The van der Waals surface area contributed by atoms with Crippen LogP contribution in [0.3, 0.4) is 0 Å². The van der Waals surface area contributed by atoms with Gasteiger partial charge in [0.25, 0.3) is 0 Å². The molecule has 3 unspecified atom stereocenters. The molecule has 1 heteroatoms. The molecule has 0 radical (unpaired) electrons. The van der Waals surface area contributed by atoms with Crippen LogP contribution in [0, 0.1) is 16.2 Å². The standard InChI is InChI=1S/C46H49Cl/c1-36-43(47)41(28-27-37-19-9-4-10-20-37)42(35-44(2)30-17-8-18-31-44)46(34-40-25-15-7-16-26-40,32-29-38-21-11-5-12-22-38)45(36,3)33-39-23-13-6-14-24-39/h4-26,30H,27-29,31-35H2,1-3H3. The maximum atomic E-state index is 7.75. The van der Waals surface area contributed by atoms with Gasteiger partial charge in [-0.05, 0) is 97.1 Å². The largest absolute Gasteiger partial charge is 0.0841 e. The lowest BCUT2D eigenvalue weighted by Crippen LogP contribution is -2.49. The van der Waals surface area contributed by atoms with Crippen LogP contribution in [0.2, 0.25) is 0 Å². The predicted molar refractivity (Wildman–Crippen MR) is 202 cm³/mol. The first-order valence-electron chi connectivity index (χ1n) is 17.4. The van der Waals surface area contributed by atoms with Gasteiger partial charge in [-0.3, -0.25) is 0 Å². The Bertz CT molecular complexity index is 1750. The number of hydrogen-bond donors (Lipinski definition) is 0. The van der Waals surface area contributed by atoms with E-state index >= 15 is 0 Å². The summed E-state index contributed by atoms with van der Waals surface area (Å²) >= 11 is 7.75. The lowest BCUT2D eigenvalue weighted by atomic mass is 9.47. The van der Waals surface area contributed by atoms with Crippen molar-refractivity contribution in [3.8, 4) is 0 Å². The molecule has 0 nitrogen and oxygen atoms in total. The van der Waals surface area contributed by atoms with E-state index in [1.54, 1.807) is 5.57 Å². The van der Waals surface area contributed by atoms with Gasteiger partial charge in [0.05, 0.1) is 0 Å². The number of aryl methyl sites for hydroxylation is 2. The molecule has 240 valence electrons. The van der Waals surface area contributed by atoms with E-state index in [9.17, 15) is 0 Å². The van der Waals surface area contributed by atoms with Crippen molar-refractivity contribution in [1.29, 1.82) is 0 Å². The summed E-state index contributed by atoms with van der Waals surface area (Å²) in [5, 5.41) is 0.997. The molecule has 0 heterocycles. The van der Waals surface area contributed by atoms with E-state index in [4.69, 9.17) is 11.6 Å². The van der Waals surface area contributed by atoms with Crippen molar-refractivity contribution in [2.24, 2.45) is 16.2 Å². The molecule has 0 aromatic heterocycles. The average molecular weight is 637 g/mol. The number of halogens is 1. The Labute approximate surface area is 288 Å². The van der Waals surface area contributed by atoms with Crippen LogP contribution in [0.5, 0.6) is 0 Å². The van der Waals surface area contributed by atoms with Gasteiger partial charge in [0.1, 0.15) is 0 Å². The van der Waals surface area contributed by atoms with Gasteiger partial charge in [0.15, 0.2) is 0 Å². The molecule has 47 heavy (non-hydrogen) atoms. The Morgan fingerprint density at radius 3 is 1.62 bits per heavy atom. The molecule has 4 aromatic carbocycles. The van der Waals surface area contributed by atoms with Crippen molar-refractivity contribution in [2.75, 3.05) is 0 Å². The van der Waals surface area contributed by atoms with Crippen LogP contribution in [0.1, 0.15) is 68.7 Å². The van der Waals surface area contributed by atoms with Crippen molar-refractivity contribution < 1.29 is 0 Å². The first-order valence-corrected chi connectivity index (χ1v) is 17.8. The average Bonchev–Trinajstić information content (AvgIpc) is 3.10. The summed E-state index contributed by atoms with van der Waals surface area (Å²) in [6, 6.07) is 44.4. The molecule has 0 amide bonds. The zero-order chi connectivity index (χ0) is 32.7. The third-order valence-electron chi connectivity index (χ3n) is 11.3. The fourth-order valence-corrected chi connectivity index (χ4v) is 8.83. The normalized spacial score (nSPS) is 24.2. The maximum absolute atomic E-state index is 7.75. The molecule has 0 aliphatic heterocycles. The van der Waals surface area contributed by atoms with Gasteiger partial charge in [0, 0.05) is 15.9 Å². The Morgan fingerprint density at radius 1 is 0.574 bits per heavy atom. The minimum atomic E-state index is -0.202. The number of hydrogen-bond acceptors (Lipinski definition) is 0. The van der Waals surface area contributed by atoms with Crippen molar-refractivity contribution in [3.63, 3.8) is 0 Å². The second-order valence-electron chi connectivity index (χ2n) is 14.4. The number of benzene rings is 4. The summed E-state index contributed by atoms with van der Waals surface area (Å²) < 4.78 is 0. The molecule has 0 fully saturated rings. The second-order valence-corrected chi connectivity index (χ2v) is 14.8. The fraction of sp³-hybridized carbons (Fsp3) is 0.304. The van der Waals surface area contributed by atoms with Gasteiger partial charge in [-0.15, -0.1) is 0 Å². The molecule has 2 aliphatic rings. The molecule has 0 spiro atoms. The van der Waals surface area contributed by atoms with Crippen molar-refractivity contribution in [1.82, 2.24) is 0 Å². The van der Waals surface area contributed by atoms with Gasteiger partial charge in [-0.2, -0.15) is 0 Å². The van der Waals surface area contributed by atoms with Crippen LogP contribution in [-0.2, 0) is 25.7 Å². The van der Waals surface area contributed by atoms with Crippen molar-refractivity contribution in [3.05, 3.63) is 190 Å². The number of allylic oxidation sites excluding steroid dienone is 8. The maximum Gasteiger partial charge on any atom is 0.0433 e. The molecule has 0 bridgehead atoms. The molecule has 2 aliphatic carbocycles. The van der Waals surface area contributed by atoms with Crippen LogP contribution >= 0.6 is 11.6 Å². The smallest absolute Gasteiger partial charge is 0.0433 e. The molecule has 4 aromatic rings. The van der Waals surface area contributed by atoms with Gasteiger partial charge in [-0.25, -0.2) is 0 Å². The SMILES string of the molecule is CC1=C(Cl)C(CCc2ccccc2)=C(CC2(C)C=CC=CC2)C(CCc2ccccc2)(Cc2ccccc2)C1(C)Cc1ccccc1. The Balaban J connectivity index is 1.60. The predicted octanol–water partition coefficient (Wildman–Crippen LogP) is 12.5. The highest BCUT2D eigenvalue weighted by atomic mass is 35.5. The fourth-order valence-electron chi connectivity index (χ4n) is 8.41. The third kappa shape index (κ3) is 7.19. The van der Waals surface area contributed by atoms with Gasteiger partial charge < -0.3 is 0 Å². The van der Waals surface area contributed by atoms with Crippen molar-refractivity contribution >= 4 is 11.6 Å². The summed E-state index contributed by atoms with van der Waals surface area (Å²) in [5.74, 6) is 0. The Morgan fingerprint density at radius 2 is 1.09 bits per heavy atom. The van der Waals surface area contributed by atoms with E-state index in [1.807, 2.05) is 0 Å². The molecule has 0 N–H and O–H groups in total. The van der Waals surface area contributed by atoms with E-state index < -0.39 is 0 Å². The molecular weight excluding hydrogens is 588 g/mol. The summed E-state index contributed by atoms with van der Waals surface area (Å²) in [6.45, 7) is 7.34. The van der Waals surface area contributed by atoms with E-state index in [0.717, 1.165) is 56.4 Å².